The van der Waals surface area contributed by atoms with E-state index in [1.54, 1.807) is 45.0 Å². The summed E-state index contributed by atoms with van der Waals surface area (Å²) in [6.45, 7) is 5.64. The van der Waals surface area contributed by atoms with Gasteiger partial charge in [-0.05, 0) is 45.0 Å². The lowest BCUT2D eigenvalue weighted by Gasteiger charge is -2.19. The summed E-state index contributed by atoms with van der Waals surface area (Å²) in [6, 6.07) is 6.50. The molecular formula is C16H19N3O4. The predicted octanol–water partition coefficient (Wildman–Crippen LogP) is 2.95. The van der Waals surface area contributed by atoms with E-state index in [0.29, 0.717) is 16.9 Å². The van der Waals surface area contributed by atoms with Gasteiger partial charge in [0.05, 0.1) is 12.2 Å². The highest BCUT2D eigenvalue weighted by atomic mass is 16.6. The first-order chi connectivity index (χ1) is 10.8. The number of hydrogen-bond acceptors (Lipinski definition) is 5. The zero-order chi connectivity index (χ0) is 16.9. The summed E-state index contributed by atoms with van der Waals surface area (Å²) in [6.07, 6.45) is 2.23. The number of nitrogens with zero attached hydrogens (tertiary/aromatic N) is 1. The summed E-state index contributed by atoms with van der Waals surface area (Å²) >= 11 is 0. The van der Waals surface area contributed by atoms with Crippen LogP contribution >= 0.6 is 0 Å². The Balaban J connectivity index is 1.88. The van der Waals surface area contributed by atoms with E-state index < -0.39 is 11.7 Å². The van der Waals surface area contributed by atoms with E-state index in [1.807, 2.05) is 0 Å². The molecule has 2 aromatic rings. The Morgan fingerprint density at radius 1 is 1.22 bits per heavy atom. The van der Waals surface area contributed by atoms with E-state index in [9.17, 15) is 9.59 Å². The summed E-state index contributed by atoms with van der Waals surface area (Å²) in [5.41, 5.74) is 1.10. The number of hydrogen-bond donors (Lipinski definition) is 2. The lowest BCUT2D eigenvalue weighted by molar-refractivity contribution is 0.0635. The number of amides is 2. The van der Waals surface area contributed by atoms with Crippen LogP contribution < -0.4 is 10.6 Å². The van der Waals surface area contributed by atoms with Crippen molar-refractivity contribution in [2.45, 2.75) is 32.9 Å². The third-order valence-electron chi connectivity index (χ3n) is 2.71. The number of rotatable bonds is 4. The quantitative estimate of drug-likeness (QED) is 0.904. The second kappa shape index (κ2) is 6.95. The Kier molecular flexibility index (Phi) is 5.00. The summed E-state index contributed by atoms with van der Waals surface area (Å²) in [5, 5.41) is 5.32. The Labute approximate surface area is 134 Å². The molecule has 0 aliphatic heterocycles. The van der Waals surface area contributed by atoms with Crippen molar-refractivity contribution >= 4 is 17.7 Å². The van der Waals surface area contributed by atoms with Crippen molar-refractivity contribution < 1.29 is 18.7 Å². The van der Waals surface area contributed by atoms with Crippen LogP contribution in [0, 0.1) is 0 Å². The maximum Gasteiger partial charge on any atom is 0.412 e. The van der Waals surface area contributed by atoms with Gasteiger partial charge in [-0.25, -0.2) is 9.78 Å². The van der Waals surface area contributed by atoms with Crippen molar-refractivity contribution in [1.82, 2.24) is 10.3 Å². The fourth-order valence-electron chi connectivity index (χ4n) is 1.72. The topological polar surface area (TPSA) is 93.5 Å². The van der Waals surface area contributed by atoms with Crippen LogP contribution in [-0.4, -0.2) is 22.6 Å². The van der Waals surface area contributed by atoms with Crippen LogP contribution in [0.1, 0.15) is 36.8 Å². The molecule has 0 spiro atoms. The van der Waals surface area contributed by atoms with Crippen molar-refractivity contribution in [2.75, 3.05) is 5.32 Å². The Hall–Kier alpha value is -2.83. The Bertz CT molecular complexity index is 658. The van der Waals surface area contributed by atoms with Crippen molar-refractivity contribution in [3.8, 4) is 0 Å². The van der Waals surface area contributed by atoms with Crippen molar-refractivity contribution in [3.63, 3.8) is 0 Å². The van der Waals surface area contributed by atoms with Gasteiger partial charge in [0.1, 0.15) is 11.9 Å². The first-order valence-corrected chi connectivity index (χ1v) is 7.09. The van der Waals surface area contributed by atoms with Crippen LogP contribution in [0.15, 0.2) is 41.3 Å². The molecule has 1 aromatic carbocycles. The van der Waals surface area contributed by atoms with Gasteiger partial charge in [0.15, 0.2) is 6.39 Å². The second-order valence-electron chi connectivity index (χ2n) is 5.87. The van der Waals surface area contributed by atoms with E-state index in [4.69, 9.17) is 9.15 Å². The maximum atomic E-state index is 12.0. The number of anilines is 1. The average Bonchev–Trinajstić information content (AvgIpc) is 2.96. The van der Waals surface area contributed by atoms with Gasteiger partial charge >= 0.3 is 6.09 Å². The monoisotopic (exact) mass is 317 g/mol. The number of nitrogens with one attached hydrogen (secondary N) is 2. The molecule has 122 valence electrons. The number of ether oxygens (including phenoxy) is 1. The SMILES string of the molecule is CC(C)(C)OC(=O)Nc1ccc(C(=O)NCc2cocn2)cc1. The zero-order valence-electron chi connectivity index (χ0n) is 13.3. The first kappa shape index (κ1) is 16.5. The molecule has 2 amide bonds. The molecule has 0 atom stereocenters. The highest BCUT2D eigenvalue weighted by Crippen LogP contribution is 2.13. The van der Waals surface area contributed by atoms with Gasteiger partial charge in [0, 0.05) is 11.3 Å². The van der Waals surface area contributed by atoms with E-state index in [1.165, 1.54) is 12.7 Å². The molecule has 23 heavy (non-hydrogen) atoms. The molecule has 0 aliphatic rings. The van der Waals surface area contributed by atoms with Gasteiger partial charge in [0.25, 0.3) is 5.91 Å². The molecular weight excluding hydrogens is 298 g/mol. The molecule has 7 heteroatoms. The molecule has 0 unspecified atom stereocenters. The van der Waals surface area contributed by atoms with Gasteiger partial charge in [-0.15, -0.1) is 0 Å². The van der Waals surface area contributed by atoms with Crippen molar-refractivity contribution in [1.29, 1.82) is 0 Å². The van der Waals surface area contributed by atoms with Crippen molar-refractivity contribution in [2.24, 2.45) is 0 Å². The number of carbonyl (C=O) groups excluding carboxylic acids is 2. The Morgan fingerprint density at radius 2 is 1.91 bits per heavy atom. The van der Waals surface area contributed by atoms with Crippen LogP contribution in [0.4, 0.5) is 10.5 Å². The van der Waals surface area contributed by atoms with Gasteiger partial charge in [-0.2, -0.15) is 0 Å². The van der Waals surface area contributed by atoms with Crippen LogP contribution in [-0.2, 0) is 11.3 Å². The second-order valence-corrected chi connectivity index (χ2v) is 5.87. The average molecular weight is 317 g/mol. The molecule has 0 radical (unpaired) electrons. The molecule has 2 N–H and O–H groups in total. The first-order valence-electron chi connectivity index (χ1n) is 7.09. The molecule has 0 aliphatic carbocycles. The number of carbonyl (C=O) groups is 2. The summed E-state index contributed by atoms with van der Waals surface area (Å²) in [5.74, 6) is -0.239. The summed E-state index contributed by atoms with van der Waals surface area (Å²) in [4.78, 5) is 27.5. The van der Waals surface area contributed by atoms with Gasteiger partial charge in [0.2, 0.25) is 0 Å². The van der Waals surface area contributed by atoms with E-state index in [0.717, 1.165) is 0 Å². The molecule has 0 saturated carbocycles. The Morgan fingerprint density at radius 3 is 2.48 bits per heavy atom. The molecule has 0 bridgehead atoms. The summed E-state index contributed by atoms with van der Waals surface area (Å²) < 4.78 is 9.98. The van der Waals surface area contributed by atoms with Crippen LogP contribution in [0.2, 0.25) is 0 Å². The van der Waals surface area contributed by atoms with E-state index >= 15 is 0 Å². The molecule has 7 nitrogen and oxygen atoms in total. The van der Waals surface area contributed by atoms with Crippen LogP contribution in [0.25, 0.3) is 0 Å². The number of aromatic nitrogens is 1. The molecule has 0 saturated heterocycles. The number of oxazole rings is 1. The molecule has 1 aromatic heterocycles. The summed E-state index contributed by atoms with van der Waals surface area (Å²) in [7, 11) is 0. The highest BCUT2D eigenvalue weighted by molar-refractivity contribution is 5.95. The maximum absolute atomic E-state index is 12.0. The smallest absolute Gasteiger partial charge is 0.412 e. The molecule has 2 rings (SSSR count). The predicted molar refractivity (Wildman–Crippen MR) is 84.0 cm³/mol. The van der Waals surface area contributed by atoms with Crippen LogP contribution in [0.3, 0.4) is 0 Å². The van der Waals surface area contributed by atoms with E-state index in [2.05, 4.69) is 15.6 Å². The minimum absolute atomic E-state index is 0.239. The zero-order valence-corrected chi connectivity index (χ0v) is 13.3. The third kappa shape index (κ3) is 5.46. The standard InChI is InChI=1S/C16H19N3O4/c1-16(2,3)23-15(21)19-12-6-4-11(5-7-12)14(20)17-8-13-9-22-10-18-13/h4-7,9-10H,8H2,1-3H3,(H,17,20)(H,19,21). The van der Waals surface area contributed by atoms with Gasteiger partial charge in [-0.1, -0.05) is 0 Å². The highest BCUT2D eigenvalue weighted by Gasteiger charge is 2.16. The van der Waals surface area contributed by atoms with Gasteiger partial charge < -0.3 is 14.5 Å². The van der Waals surface area contributed by atoms with Gasteiger partial charge in [-0.3, -0.25) is 10.1 Å². The number of benzene rings is 1. The normalized spacial score (nSPS) is 10.9. The fourth-order valence-corrected chi connectivity index (χ4v) is 1.72. The lowest BCUT2D eigenvalue weighted by atomic mass is 10.2. The lowest BCUT2D eigenvalue weighted by Crippen LogP contribution is -2.27. The molecule has 0 fully saturated rings. The molecule has 1 heterocycles. The third-order valence-corrected chi connectivity index (χ3v) is 2.71. The van der Waals surface area contributed by atoms with Crippen molar-refractivity contribution in [3.05, 3.63) is 48.2 Å². The van der Waals surface area contributed by atoms with E-state index in [-0.39, 0.29) is 12.5 Å². The fraction of sp³-hybridized carbons (Fsp3) is 0.312. The largest absolute Gasteiger partial charge is 0.451 e. The minimum atomic E-state index is -0.564. The minimum Gasteiger partial charge on any atom is -0.451 e. The van der Waals surface area contributed by atoms with Crippen LogP contribution in [0.5, 0.6) is 0 Å².